The predicted molar refractivity (Wildman–Crippen MR) is 86.8 cm³/mol. The maximum Gasteiger partial charge on any atom is 0.0487 e. The molecule has 0 aromatic carbocycles. The van der Waals surface area contributed by atoms with Crippen LogP contribution in [0.25, 0.3) is 0 Å². The molecule has 6 atom stereocenters. The van der Waals surface area contributed by atoms with Gasteiger partial charge in [-0.2, -0.15) is 0 Å². The first kappa shape index (κ1) is 14.1. The lowest BCUT2D eigenvalue weighted by molar-refractivity contribution is -0.0348. The van der Waals surface area contributed by atoms with Crippen LogP contribution in [0.5, 0.6) is 0 Å². The van der Waals surface area contributed by atoms with Crippen molar-refractivity contribution >= 4 is 0 Å². The zero-order valence-corrected chi connectivity index (χ0v) is 13.7. The Balaban J connectivity index is 1.70. The van der Waals surface area contributed by atoms with E-state index in [0.29, 0.717) is 17.4 Å². The third kappa shape index (κ3) is 1.73. The van der Waals surface area contributed by atoms with Crippen LogP contribution in [0.4, 0.5) is 0 Å². The first-order chi connectivity index (χ1) is 9.97. The monoisotopic (exact) mass is 286 g/mol. The van der Waals surface area contributed by atoms with Gasteiger partial charge in [-0.15, -0.1) is 6.58 Å². The summed E-state index contributed by atoms with van der Waals surface area (Å²) in [6.07, 6.45) is 13.9. The van der Waals surface area contributed by atoms with Gasteiger partial charge >= 0.3 is 0 Å². The molecule has 0 aliphatic heterocycles. The maximum atomic E-state index is 10.0. The SMILES string of the molecule is C=CC1(C)CCC2C(=CCC3C(C)(CO)CCC4CC423)C1. The Morgan fingerprint density at radius 3 is 2.86 bits per heavy atom. The van der Waals surface area contributed by atoms with Gasteiger partial charge in [0.1, 0.15) is 0 Å². The predicted octanol–water partition coefficient (Wildman–Crippen LogP) is 4.72. The number of aliphatic hydroxyl groups is 1. The summed E-state index contributed by atoms with van der Waals surface area (Å²) in [6.45, 7) is 9.19. The van der Waals surface area contributed by atoms with Crippen molar-refractivity contribution in [3.05, 3.63) is 24.3 Å². The Bertz CT molecular complexity index is 506. The van der Waals surface area contributed by atoms with Crippen molar-refractivity contribution in [1.29, 1.82) is 0 Å². The largest absolute Gasteiger partial charge is 0.396 e. The molecule has 116 valence electrons. The molecule has 3 fully saturated rings. The van der Waals surface area contributed by atoms with Gasteiger partial charge in [0.05, 0.1) is 0 Å². The summed E-state index contributed by atoms with van der Waals surface area (Å²) in [4.78, 5) is 0. The summed E-state index contributed by atoms with van der Waals surface area (Å²) in [5.74, 6) is 2.51. The highest BCUT2D eigenvalue weighted by Crippen LogP contribution is 2.76. The van der Waals surface area contributed by atoms with Crippen LogP contribution in [-0.2, 0) is 0 Å². The van der Waals surface area contributed by atoms with Crippen molar-refractivity contribution in [2.45, 2.75) is 58.8 Å². The molecule has 1 spiro atoms. The van der Waals surface area contributed by atoms with E-state index in [2.05, 4.69) is 32.6 Å². The van der Waals surface area contributed by atoms with Crippen LogP contribution in [0.3, 0.4) is 0 Å². The van der Waals surface area contributed by atoms with Gasteiger partial charge in [-0.05, 0) is 78.9 Å². The molecule has 3 saturated carbocycles. The average Bonchev–Trinajstić information content (AvgIpc) is 3.21. The Kier molecular flexibility index (Phi) is 2.85. The first-order valence-corrected chi connectivity index (χ1v) is 8.91. The van der Waals surface area contributed by atoms with Crippen LogP contribution in [0.2, 0.25) is 0 Å². The fourth-order valence-electron chi connectivity index (χ4n) is 6.46. The molecule has 0 bridgehead atoms. The molecule has 0 amide bonds. The Morgan fingerprint density at radius 1 is 1.33 bits per heavy atom. The average molecular weight is 286 g/mol. The van der Waals surface area contributed by atoms with E-state index in [1.807, 2.05) is 0 Å². The Hall–Kier alpha value is -0.560. The number of rotatable bonds is 2. The van der Waals surface area contributed by atoms with Gasteiger partial charge < -0.3 is 5.11 Å². The van der Waals surface area contributed by atoms with E-state index < -0.39 is 0 Å². The molecule has 6 unspecified atom stereocenters. The Morgan fingerprint density at radius 2 is 2.14 bits per heavy atom. The molecule has 4 aliphatic carbocycles. The highest BCUT2D eigenvalue weighted by atomic mass is 16.3. The van der Waals surface area contributed by atoms with Gasteiger partial charge in [0, 0.05) is 6.61 Å². The minimum absolute atomic E-state index is 0.175. The molecule has 0 aromatic rings. The lowest BCUT2D eigenvalue weighted by Gasteiger charge is -2.54. The third-order valence-corrected chi connectivity index (χ3v) is 7.93. The van der Waals surface area contributed by atoms with Crippen molar-refractivity contribution < 1.29 is 5.11 Å². The second kappa shape index (κ2) is 4.25. The summed E-state index contributed by atoms with van der Waals surface area (Å²) in [7, 11) is 0. The van der Waals surface area contributed by atoms with E-state index in [9.17, 15) is 5.11 Å². The van der Waals surface area contributed by atoms with E-state index in [1.54, 1.807) is 5.57 Å². The summed E-state index contributed by atoms with van der Waals surface area (Å²) < 4.78 is 0. The molecular weight excluding hydrogens is 256 g/mol. The summed E-state index contributed by atoms with van der Waals surface area (Å²) in [5.41, 5.74) is 2.81. The minimum atomic E-state index is 0.175. The lowest BCUT2D eigenvalue weighted by Crippen LogP contribution is -2.47. The molecule has 21 heavy (non-hydrogen) atoms. The van der Waals surface area contributed by atoms with E-state index in [1.165, 1.54) is 44.9 Å². The van der Waals surface area contributed by atoms with Gasteiger partial charge in [0.25, 0.3) is 0 Å². The zero-order chi connectivity index (χ0) is 14.9. The van der Waals surface area contributed by atoms with E-state index in [0.717, 1.165) is 17.8 Å². The fraction of sp³-hybridized carbons (Fsp3) is 0.800. The summed E-state index contributed by atoms with van der Waals surface area (Å²) >= 11 is 0. The van der Waals surface area contributed by atoms with Gasteiger partial charge in [-0.3, -0.25) is 0 Å². The lowest BCUT2D eigenvalue weighted by atomic mass is 9.51. The smallest absolute Gasteiger partial charge is 0.0487 e. The highest BCUT2D eigenvalue weighted by molar-refractivity contribution is 5.31. The van der Waals surface area contributed by atoms with E-state index in [4.69, 9.17) is 0 Å². The normalized spacial score (nSPS) is 54.8. The van der Waals surface area contributed by atoms with Crippen molar-refractivity contribution in [1.82, 2.24) is 0 Å². The number of allylic oxidation sites excluding steroid dienone is 3. The highest BCUT2D eigenvalue weighted by Gasteiger charge is 2.69. The van der Waals surface area contributed by atoms with Crippen LogP contribution < -0.4 is 0 Å². The zero-order valence-electron chi connectivity index (χ0n) is 13.7. The number of fused-ring (bicyclic) bond motifs is 1. The second-order valence-corrected chi connectivity index (χ2v) is 9.06. The van der Waals surface area contributed by atoms with Crippen LogP contribution in [0.15, 0.2) is 24.3 Å². The summed E-state index contributed by atoms with van der Waals surface area (Å²) in [6, 6.07) is 0. The molecule has 0 aromatic heterocycles. The van der Waals surface area contributed by atoms with Crippen molar-refractivity contribution in [3.63, 3.8) is 0 Å². The number of hydrogen-bond donors (Lipinski definition) is 1. The minimum Gasteiger partial charge on any atom is -0.396 e. The number of hydrogen-bond acceptors (Lipinski definition) is 1. The molecule has 0 saturated heterocycles. The standard InChI is InChI=1S/C20H30O/c1-4-18(2)9-8-16-14(11-18)5-6-17-19(3,13-21)10-7-15-12-20(15,16)17/h4-5,15-17,21H,1,6-13H2,2-3H3. The van der Waals surface area contributed by atoms with Gasteiger partial charge in [0.2, 0.25) is 0 Å². The number of aliphatic hydroxyl groups excluding tert-OH is 1. The van der Waals surface area contributed by atoms with E-state index >= 15 is 0 Å². The quantitative estimate of drug-likeness (QED) is 0.728. The molecule has 0 radical (unpaired) electrons. The van der Waals surface area contributed by atoms with Gasteiger partial charge in [0.15, 0.2) is 0 Å². The molecular formula is C20H30O. The molecule has 4 rings (SSSR count). The van der Waals surface area contributed by atoms with Crippen molar-refractivity contribution in [2.75, 3.05) is 6.61 Å². The topological polar surface area (TPSA) is 20.2 Å². The van der Waals surface area contributed by atoms with Crippen LogP contribution in [0, 0.1) is 34.0 Å². The molecule has 1 nitrogen and oxygen atoms in total. The van der Waals surface area contributed by atoms with Crippen LogP contribution >= 0.6 is 0 Å². The summed E-state index contributed by atoms with van der Waals surface area (Å²) in [5, 5.41) is 10.0. The van der Waals surface area contributed by atoms with Gasteiger partial charge in [-0.1, -0.05) is 31.6 Å². The molecule has 1 N–H and O–H groups in total. The fourth-order valence-corrected chi connectivity index (χ4v) is 6.46. The molecule has 1 heteroatoms. The van der Waals surface area contributed by atoms with Crippen LogP contribution in [0.1, 0.15) is 58.8 Å². The Labute approximate surface area is 129 Å². The van der Waals surface area contributed by atoms with E-state index in [-0.39, 0.29) is 5.41 Å². The molecule has 0 heterocycles. The van der Waals surface area contributed by atoms with Crippen LogP contribution in [-0.4, -0.2) is 11.7 Å². The maximum absolute atomic E-state index is 10.0. The van der Waals surface area contributed by atoms with Gasteiger partial charge in [-0.25, -0.2) is 0 Å². The van der Waals surface area contributed by atoms with Crippen molar-refractivity contribution in [3.8, 4) is 0 Å². The van der Waals surface area contributed by atoms with Crippen molar-refractivity contribution in [2.24, 2.45) is 34.0 Å². The third-order valence-electron chi connectivity index (χ3n) is 7.93. The molecule has 4 aliphatic rings. The first-order valence-electron chi connectivity index (χ1n) is 8.91. The second-order valence-electron chi connectivity index (χ2n) is 9.06.